The molecule has 0 bridgehead atoms. The van der Waals surface area contributed by atoms with E-state index in [-0.39, 0.29) is 17.1 Å². The van der Waals surface area contributed by atoms with Crippen LogP contribution >= 0.6 is 0 Å². The largest absolute Gasteiger partial charge is 0.430 e. The number of aliphatic hydroxyl groups is 1. The molecule has 0 unspecified atom stereocenters. The molecule has 0 saturated heterocycles. The highest BCUT2D eigenvalue weighted by Gasteiger charge is 2.71. The number of hydrogen-bond acceptors (Lipinski definition) is 5. The number of aromatic nitrogens is 3. The number of anilines is 3. The van der Waals surface area contributed by atoms with Gasteiger partial charge in [0.15, 0.2) is 5.82 Å². The number of H-pyrrole nitrogens is 1. The molecule has 4 aromatic rings. The second-order valence-electron chi connectivity index (χ2n) is 7.43. The van der Waals surface area contributed by atoms with E-state index >= 15 is 0 Å². The van der Waals surface area contributed by atoms with Crippen LogP contribution in [0.15, 0.2) is 67.0 Å². The standard InChI is InChI=1S/C22H15F6N5O2/c23-21(24,25)20(35,22(26,27)28)14-6-3-12(4-7-14)19(34)32-16-2-1-9-29-18(16)31-15-8-5-13-11-30-33-17(13)10-15/h1-11,35H,(H,29,31)(H,30,33)(H,32,34). The average molecular weight is 495 g/mol. The summed E-state index contributed by atoms with van der Waals surface area (Å²) in [6.45, 7) is 0. The highest BCUT2D eigenvalue weighted by atomic mass is 19.4. The number of nitrogens with one attached hydrogen (secondary N) is 3. The molecule has 0 fully saturated rings. The average Bonchev–Trinajstić information content (AvgIpc) is 3.26. The topological polar surface area (TPSA) is 103 Å². The SMILES string of the molecule is O=C(Nc1cccnc1Nc1ccc2cn[nH]c2c1)c1ccc(C(O)(C(F)(F)F)C(F)(F)F)cc1. The first-order chi connectivity index (χ1) is 16.4. The molecule has 13 heteroatoms. The minimum absolute atomic E-state index is 0.202. The number of halogens is 6. The lowest BCUT2D eigenvalue weighted by molar-refractivity contribution is -0.376. The van der Waals surface area contributed by atoms with E-state index in [4.69, 9.17) is 0 Å². The molecule has 0 aliphatic carbocycles. The van der Waals surface area contributed by atoms with Gasteiger partial charge in [-0.1, -0.05) is 12.1 Å². The van der Waals surface area contributed by atoms with Crippen LogP contribution in [0.2, 0.25) is 0 Å². The zero-order valence-electron chi connectivity index (χ0n) is 17.4. The number of hydrogen-bond donors (Lipinski definition) is 4. The zero-order chi connectivity index (χ0) is 25.4. The van der Waals surface area contributed by atoms with Gasteiger partial charge in [-0.2, -0.15) is 31.4 Å². The van der Waals surface area contributed by atoms with E-state index in [0.717, 1.165) is 23.0 Å². The van der Waals surface area contributed by atoms with Gasteiger partial charge in [0, 0.05) is 28.4 Å². The van der Waals surface area contributed by atoms with Crippen molar-refractivity contribution in [1.82, 2.24) is 15.2 Å². The number of carbonyl (C=O) groups excluding carboxylic acids is 1. The summed E-state index contributed by atoms with van der Waals surface area (Å²) < 4.78 is 78.3. The first-order valence-electron chi connectivity index (χ1n) is 9.83. The molecule has 0 aliphatic rings. The van der Waals surface area contributed by atoms with Crippen LogP contribution in [0.5, 0.6) is 0 Å². The normalized spacial score (nSPS) is 12.5. The summed E-state index contributed by atoms with van der Waals surface area (Å²) in [5.41, 5.74) is -5.23. The highest BCUT2D eigenvalue weighted by molar-refractivity contribution is 6.05. The number of pyridine rings is 1. The molecule has 35 heavy (non-hydrogen) atoms. The van der Waals surface area contributed by atoms with Crippen molar-refractivity contribution < 1.29 is 36.2 Å². The van der Waals surface area contributed by atoms with Gasteiger partial charge in [-0.15, -0.1) is 0 Å². The lowest BCUT2D eigenvalue weighted by Crippen LogP contribution is -2.53. The highest BCUT2D eigenvalue weighted by Crippen LogP contribution is 2.50. The molecule has 0 spiro atoms. The Morgan fingerprint density at radius 3 is 2.29 bits per heavy atom. The fourth-order valence-electron chi connectivity index (χ4n) is 3.30. The molecule has 2 heterocycles. The number of fused-ring (bicyclic) bond motifs is 1. The van der Waals surface area contributed by atoms with Gasteiger partial charge < -0.3 is 15.7 Å². The van der Waals surface area contributed by atoms with Gasteiger partial charge in [0.25, 0.3) is 11.5 Å². The number of alkyl halides is 6. The van der Waals surface area contributed by atoms with E-state index in [9.17, 15) is 36.2 Å². The van der Waals surface area contributed by atoms with E-state index in [1.54, 1.807) is 24.4 Å². The molecule has 0 saturated carbocycles. The van der Waals surface area contributed by atoms with E-state index < -0.39 is 29.4 Å². The van der Waals surface area contributed by atoms with Crippen LogP contribution in [0, 0.1) is 0 Å². The molecule has 182 valence electrons. The number of carbonyl (C=O) groups is 1. The maximum absolute atomic E-state index is 13.1. The third kappa shape index (κ3) is 4.49. The predicted molar refractivity (Wildman–Crippen MR) is 114 cm³/mol. The lowest BCUT2D eigenvalue weighted by Gasteiger charge is -2.32. The Labute approximate surface area is 192 Å². The van der Waals surface area contributed by atoms with Crippen molar-refractivity contribution in [3.05, 3.63) is 78.1 Å². The Hall–Kier alpha value is -4.13. The van der Waals surface area contributed by atoms with E-state index in [1.165, 1.54) is 18.3 Å². The van der Waals surface area contributed by atoms with Gasteiger partial charge in [-0.3, -0.25) is 9.89 Å². The quantitative estimate of drug-likeness (QED) is 0.283. The Balaban J connectivity index is 1.56. The zero-order valence-corrected chi connectivity index (χ0v) is 17.4. The number of aromatic amines is 1. The second kappa shape index (κ2) is 8.58. The van der Waals surface area contributed by atoms with Gasteiger partial charge in [-0.25, -0.2) is 4.98 Å². The van der Waals surface area contributed by atoms with Gasteiger partial charge >= 0.3 is 12.4 Å². The van der Waals surface area contributed by atoms with Gasteiger partial charge in [0.1, 0.15) is 0 Å². The van der Waals surface area contributed by atoms with Crippen LogP contribution in [0.3, 0.4) is 0 Å². The molecule has 2 aromatic carbocycles. The van der Waals surface area contributed by atoms with Crippen molar-refractivity contribution in [3.8, 4) is 0 Å². The number of rotatable bonds is 5. The van der Waals surface area contributed by atoms with Crippen LogP contribution in [0.25, 0.3) is 10.9 Å². The molecule has 0 atom stereocenters. The van der Waals surface area contributed by atoms with Gasteiger partial charge in [0.2, 0.25) is 0 Å². The molecule has 2 aromatic heterocycles. The number of nitrogens with zero attached hydrogens (tertiary/aromatic N) is 2. The monoisotopic (exact) mass is 495 g/mol. The minimum atomic E-state index is -6.02. The lowest BCUT2D eigenvalue weighted by atomic mass is 9.91. The smallest absolute Gasteiger partial charge is 0.369 e. The summed E-state index contributed by atoms with van der Waals surface area (Å²) in [5, 5.41) is 22.6. The summed E-state index contributed by atoms with van der Waals surface area (Å²) in [6, 6.07) is 10.6. The van der Waals surface area contributed by atoms with E-state index in [2.05, 4.69) is 25.8 Å². The van der Waals surface area contributed by atoms with E-state index in [0.29, 0.717) is 17.8 Å². The third-order valence-corrected chi connectivity index (χ3v) is 5.15. The van der Waals surface area contributed by atoms with E-state index in [1.807, 2.05) is 0 Å². The molecular formula is C22H15F6N5O2. The second-order valence-corrected chi connectivity index (χ2v) is 7.43. The first kappa shape index (κ1) is 24.0. The molecule has 0 radical (unpaired) electrons. The maximum atomic E-state index is 13.1. The Morgan fingerprint density at radius 1 is 0.943 bits per heavy atom. The Kier molecular flexibility index (Phi) is 5.88. The van der Waals surface area contributed by atoms with Crippen LogP contribution in [0.4, 0.5) is 43.5 Å². The number of amides is 1. The Morgan fingerprint density at radius 2 is 1.63 bits per heavy atom. The van der Waals surface area contributed by atoms with Crippen molar-refractivity contribution in [2.75, 3.05) is 10.6 Å². The molecule has 7 nitrogen and oxygen atoms in total. The van der Waals surface area contributed by atoms with Gasteiger partial charge in [0.05, 0.1) is 17.4 Å². The summed E-state index contributed by atoms with van der Waals surface area (Å²) in [4.78, 5) is 16.8. The van der Waals surface area contributed by atoms with Crippen LogP contribution in [-0.2, 0) is 5.60 Å². The summed E-state index contributed by atoms with van der Waals surface area (Å²) in [5.74, 6) is -0.584. The summed E-state index contributed by atoms with van der Waals surface area (Å²) in [7, 11) is 0. The predicted octanol–water partition coefficient (Wildman–Crippen LogP) is 5.27. The Bertz CT molecular complexity index is 1350. The molecule has 4 N–H and O–H groups in total. The minimum Gasteiger partial charge on any atom is -0.369 e. The van der Waals surface area contributed by atoms with Crippen LogP contribution in [-0.4, -0.2) is 38.5 Å². The fraction of sp³-hybridized carbons (Fsp3) is 0.136. The third-order valence-electron chi connectivity index (χ3n) is 5.15. The molecule has 4 rings (SSSR count). The molecule has 0 aliphatic heterocycles. The summed E-state index contributed by atoms with van der Waals surface area (Å²) >= 11 is 0. The maximum Gasteiger partial charge on any atom is 0.430 e. The van der Waals surface area contributed by atoms with Crippen molar-refractivity contribution in [2.24, 2.45) is 0 Å². The van der Waals surface area contributed by atoms with Crippen molar-refractivity contribution in [3.63, 3.8) is 0 Å². The van der Waals surface area contributed by atoms with Crippen LogP contribution in [0.1, 0.15) is 15.9 Å². The first-order valence-corrected chi connectivity index (χ1v) is 9.83. The van der Waals surface area contributed by atoms with Crippen molar-refractivity contribution >= 4 is 34.0 Å². The number of benzene rings is 2. The molecular weight excluding hydrogens is 480 g/mol. The van der Waals surface area contributed by atoms with Gasteiger partial charge in [-0.05, 0) is 42.5 Å². The van der Waals surface area contributed by atoms with Crippen molar-refractivity contribution in [2.45, 2.75) is 18.0 Å². The molecule has 1 amide bonds. The van der Waals surface area contributed by atoms with Crippen LogP contribution < -0.4 is 10.6 Å². The fourth-order valence-corrected chi connectivity index (χ4v) is 3.30. The summed E-state index contributed by atoms with van der Waals surface area (Å²) in [6.07, 6.45) is -8.95. The van der Waals surface area contributed by atoms with Crippen molar-refractivity contribution in [1.29, 1.82) is 0 Å².